The van der Waals surface area contributed by atoms with Crippen molar-refractivity contribution in [3.8, 4) is 11.5 Å². The minimum atomic E-state index is -0.0461. The van der Waals surface area contributed by atoms with E-state index in [0.717, 1.165) is 22.6 Å². The summed E-state index contributed by atoms with van der Waals surface area (Å²) < 4.78 is 10.6. The molecule has 2 aromatic rings. The lowest BCUT2D eigenvalue weighted by Gasteiger charge is -2.08. The van der Waals surface area contributed by atoms with Crippen molar-refractivity contribution in [2.45, 2.75) is 13.8 Å². The molecule has 0 bridgehead atoms. The monoisotopic (exact) mass is 305 g/mol. The molecule has 0 aliphatic heterocycles. The summed E-state index contributed by atoms with van der Waals surface area (Å²) in [5.41, 5.74) is 1.80. The maximum absolute atomic E-state index is 12.0. The molecule has 0 fully saturated rings. The molecule has 0 saturated heterocycles. The van der Waals surface area contributed by atoms with Gasteiger partial charge in [-0.3, -0.25) is 4.79 Å². The van der Waals surface area contributed by atoms with Crippen LogP contribution < -0.4 is 14.8 Å². The Morgan fingerprint density at radius 3 is 2.43 bits per heavy atom. The minimum Gasteiger partial charge on any atom is -0.497 e. The molecule has 1 N–H and O–H groups in total. The van der Waals surface area contributed by atoms with Crippen LogP contribution in [0.1, 0.15) is 20.8 Å². The Balaban J connectivity index is 1.76. The third-order valence-electron chi connectivity index (χ3n) is 3.25. The van der Waals surface area contributed by atoms with Gasteiger partial charge in [0.1, 0.15) is 18.1 Å². The summed E-state index contributed by atoms with van der Waals surface area (Å²) >= 11 is 1.59. The summed E-state index contributed by atoms with van der Waals surface area (Å²) in [5.74, 6) is 1.50. The fourth-order valence-electron chi connectivity index (χ4n) is 1.84. The predicted molar refractivity (Wildman–Crippen MR) is 84.6 cm³/mol. The van der Waals surface area contributed by atoms with Crippen molar-refractivity contribution in [2.24, 2.45) is 0 Å². The van der Waals surface area contributed by atoms with E-state index < -0.39 is 0 Å². The number of carbonyl (C=O) groups excluding carboxylic acids is 1. The topological polar surface area (TPSA) is 47.6 Å². The number of ether oxygens (including phenoxy) is 2. The smallest absolute Gasteiger partial charge is 0.252 e. The number of benzene rings is 1. The summed E-state index contributed by atoms with van der Waals surface area (Å²) in [4.78, 5) is 13.2. The Morgan fingerprint density at radius 2 is 1.86 bits per heavy atom. The molecule has 0 unspecified atom stereocenters. The van der Waals surface area contributed by atoms with Crippen LogP contribution in [0, 0.1) is 13.8 Å². The Kier molecular flexibility index (Phi) is 5.22. The van der Waals surface area contributed by atoms with Gasteiger partial charge in [0.2, 0.25) is 0 Å². The van der Waals surface area contributed by atoms with Crippen LogP contribution in [0.5, 0.6) is 11.5 Å². The summed E-state index contributed by atoms with van der Waals surface area (Å²) in [5, 5.41) is 4.76. The molecule has 0 spiro atoms. The zero-order chi connectivity index (χ0) is 15.2. The van der Waals surface area contributed by atoms with Gasteiger partial charge in [0.05, 0.1) is 19.2 Å². The van der Waals surface area contributed by atoms with Gasteiger partial charge in [0.25, 0.3) is 5.91 Å². The average molecular weight is 305 g/mol. The van der Waals surface area contributed by atoms with Gasteiger partial charge in [-0.15, -0.1) is 11.3 Å². The van der Waals surface area contributed by atoms with Crippen LogP contribution >= 0.6 is 11.3 Å². The molecule has 1 heterocycles. The molecule has 21 heavy (non-hydrogen) atoms. The molecule has 0 aliphatic rings. The van der Waals surface area contributed by atoms with Gasteiger partial charge in [-0.1, -0.05) is 0 Å². The number of nitrogens with one attached hydrogen (secondary N) is 1. The molecular formula is C16H19NO3S. The Hall–Kier alpha value is -2.01. The first-order valence-corrected chi connectivity index (χ1v) is 7.59. The van der Waals surface area contributed by atoms with Crippen LogP contribution in [-0.2, 0) is 0 Å². The molecule has 1 aromatic carbocycles. The first-order valence-electron chi connectivity index (χ1n) is 6.71. The molecule has 112 valence electrons. The van der Waals surface area contributed by atoms with E-state index in [9.17, 15) is 4.79 Å². The second-order valence-corrected chi connectivity index (χ2v) is 5.69. The van der Waals surface area contributed by atoms with Crippen molar-refractivity contribution in [3.05, 3.63) is 45.6 Å². The van der Waals surface area contributed by atoms with Crippen LogP contribution in [0.25, 0.3) is 0 Å². The lowest BCUT2D eigenvalue weighted by molar-refractivity contribution is 0.0947. The minimum absolute atomic E-state index is 0.0461. The standard InChI is InChI=1S/C16H19NO3S/c1-11-12(2)21-10-15(11)16(18)17-8-9-20-14-6-4-13(19-3)5-7-14/h4-7,10H,8-9H2,1-3H3,(H,17,18). The number of aryl methyl sites for hydroxylation is 1. The van der Waals surface area contributed by atoms with Crippen LogP contribution in [0.15, 0.2) is 29.6 Å². The van der Waals surface area contributed by atoms with Crippen molar-refractivity contribution < 1.29 is 14.3 Å². The predicted octanol–water partition coefficient (Wildman–Crippen LogP) is 3.18. The van der Waals surface area contributed by atoms with E-state index in [4.69, 9.17) is 9.47 Å². The fourth-order valence-corrected chi connectivity index (χ4v) is 2.70. The average Bonchev–Trinajstić information content (AvgIpc) is 2.84. The normalized spacial score (nSPS) is 10.2. The Morgan fingerprint density at radius 1 is 1.19 bits per heavy atom. The van der Waals surface area contributed by atoms with Gasteiger partial charge in [0, 0.05) is 10.3 Å². The summed E-state index contributed by atoms with van der Waals surface area (Å²) in [6.07, 6.45) is 0. The van der Waals surface area contributed by atoms with Crippen LogP contribution in [0.2, 0.25) is 0 Å². The molecule has 1 amide bonds. The Labute approximate surface area is 128 Å². The molecule has 4 nitrogen and oxygen atoms in total. The van der Waals surface area contributed by atoms with E-state index in [-0.39, 0.29) is 5.91 Å². The first kappa shape index (κ1) is 15.4. The van der Waals surface area contributed by atoms with Gasteiger partial charge in [-0.05, 0) is 43.7 Å². The second-order valence-electron chi connectivity index (χ2n) is 4.61. The van der Waals surface area contributed by atoms with Crippen LogP contribution in [0.3, 0.4) is 0 Å². The van der Waals surface area contributed by atoms with E-state index in [1.54, 1.807) is 18.4 Å². The number of hydrogen-bond acceptors (Lipinski definition) is 4. The summed E-state index contributed by atoms with van der Waals surface area (Å²) in [6.45, 7) is 4.89. The highest BCUT2D eigenvalue weighted by Gasteiger charge is 2.11. The van der Waals surface area contributed by atoms with E-state index in [1.165, 1.54) is 4.88 Å². The van der Waals surface area contributed by atoms with E-state index >= 15 is 0 Å². The lowest BCUT2D eigenvalue weighted by atomic mass is 10.2. The molecule has 1 aromatic heterocycles. The maximum Gasteiger partial charge on any atom is 0.252 e. The summed E-state index contributed by atoms with van der Waals surface area (Å²) in [6, 6.07) is 7.36. The van der Waals surface area contributed by atoms with Crippen molar-refractivity contribution in [3.63, 3.8) is 0 Å². The number of methoxy groups -OCH3 is 1. The highest BCUT2D eigenvalue weighted by atomic mass is 32.1. The zero-order valence-electron chi connectivity index (χ0n) is 12.4. The maximum atomic E-state index is 12.0. The van der Waals surface area contributed by atoms with Gasteiger partial charge in [-0.2, -0.15) is 0 Å². The van der Waals surface area contributed by atoms with Gasteiger partial charge >= 0.3 is 0 Å². The number of rotatable bonds is 6. The van der Waals surface area contributed by atoms with E-state index in [0.29, 0.717) is 13.2 Å². The number of hydrogen-bond donors (Lipinski definition) is 1. The Bertz CT molecular complexity index is 604. The molecule has 0 radical (unpaired) electrons. The molecular weight excluding hydrogens is 286 g/mol. The van der Waals surface area contributed by atoms with Gasteiger partial charge in [0.15, 0.2) is 0 Å². The molecule has 5 heteroatoms. The summed E-state index contributed by atoms with van der Waals surface area (Å²) in [7, 11) is 1.62. The van der Waals surface area contributed by atoms with Gasteiger partial charge in [-0.25, -0.2) is 0 Å². The third kappa shape index (κ3) is 3.98. The quantitative estimate of drug-likeness (QED) is 0.834. The molecule has 0 saturated carbocycles. The SMILES string of the molecule is COc1ccc(OCCNC(=O)c2csc(C)c2C)cc1. The number of thiophene rings is 1. The third-order valence-corrected chi connectivity index (χ3v) is 4.26. The van der Waals surface area contributed by atoms with Crippen molar-refractivity contribution >= 4 is 17.2 Å². The number of carbonyl (C=O) groups is 1. The van der Waals surface area contributed by atoms with E-state index in [1.807, 2.05) is 43.5 Å². The van der Waals surface area contributed by atoms with Crippen molar-refractivity contribution in [1.82, 2.24) is 5.32 Å². The number of amides is 1. The molecule has 0 aliphatic carbocycles. The molecule has 2 rings (SSSR count). The van der Waals surface area contributed by atoms with Crippen LogP contribution in [0.4, 0.5) is 0 Å². The van der Waals surface area contributed by atoms with Crippen LogP contribution in [-0.4, -0.2) is 26.2 Å². The first-order chi connectivity index (χ1) is 10.1. The fraction of sp³-hybridized carbons (Fsp3) is 0.312. The van der Waals surface area contributed by atoms with Crippen molar-refractivity contribution in [2.75, 3.05) is 20.3 Å². The van der Waals surface area contributed by atoms with E-state index in [2.05, 4.69) is 5.32 Å². The zero-order valence-corrected chi connectivity index (χ0v) is 13.3. The second kappa shape index (κ2) is 7.13. The van der Waals surface area contributed by atoms with Gasteiger partial charge < -0.3 is 14.8 Å². The highest BCUT2D eigenvalue weighted by Crippen LogP contribution is 2.20. The molecule has 0 atom stereocenters. The lowest BCUT2D eigenvalue weighted by Crippen LogP contribution is -2.28. The highest BCUT2D eigenvalue weighted by molar-refractivity contribution is 7.10. The van der Waals surface area contributed by atoms with Crippen molar-refractivity contribution in [1.29, 1.82) is 0 Å². The largest absolute Gasteiger partial charge is 0.497 e.